The lowest BCUT2D eigenvalue weighted by molar-refractivity contribution is 0.0948. The molecule has 0 heterocycles. The van der Waals surface area contributed by atoms with Crippen molar-refractivity contribution in [3.63, 3.8) is 0 Å². The van der Waals surface area contributed by atoms with Crippen LogP contribution >= 0.6 is 0 Å². The van der Waals surface area contributed by atoms with E-state index in [4.69, 9.17) is 5.11 Å². The van der Waals surface area contributed by atoms with E-state index < -0.39 is 0 Å². The third-order valence-corrected chi connectivity index (χ3v) is 3.78. The van der Waals surface area contributed by atoms with Crippen molar-refractivity contribution in [2.45, 2.75) is 39.2 Å². The van der Waals surface area contributed by atoms with Crippen molar-refractivity contribution in [1.82, 2.24) is 5.32 Å². The van der Waals surface area contributed by atoms with E-state index in [9.17, 15) is 4.79 Å². The first-order valence-corrected chi connectivity index (χ1v) is 7.17. The number of aliphatic hydroxyl groups excluding tert-OH is 1. The second kappa shape index (κ2) is 6.58. The van der Waals surface area contributed by atoms with E-state index in [1.807, 2.05) is 25.1 Å². The molecule has 0 spiro atoms. The standard InChI is InChI=1S/C17H21NO2/c1-3-6-14-11-16(14)18-17(20)15-9-4-7-13(12(15)2)8-5-10-19/h4,7,9,14,16,19H,3,6,10-11H2,1-2H3,(H,18,20). The minimum Gasteiger partial charge on any atom is -0.384 e. The molecule has 0 aliphatic heterocycles. The van der Waals surface area contributed by atoms with Crippen LogP contribution in [0.2, 0.25) is 0 Å². The van der Waals surface area contributed by atoms with Crippen LogP contribution in [0.5, 0.6) is 0 Å². The van der Waals surface area contributed by atoms with Gasteiger partial charge in [0.25, 0.3) is 5.91 Å². The molecule has 3 heteroatoms. The molecule has 1 aliphatic carbocycles. The molecule has 1 amide bonds. The van der Waals surface area contributed by atoms with Gasteiger partial charge in [0, 0.05) is 17.2 Å². The van der Waals surface area contributed by atoms with Crippen LogP contribution < -0.4 is 5.32 Å². The Kier molecular flexibility index (Phi) is 4.81. The fourth-order valence-corrected chi connectivity index (χ4v) is 2.51. The second-order valence-corrected chi connectivity index (χ2v) is 5.30. The highest BCUT2D eigenvalue weighted by Gasteiger charge is 2.37. The first-order chi connectivity index (χ1) is 9.67. The van der Waals surface area contributed by atoms with Gasteiger partial charge in [0.1, 0.15) is 6.61 Å². The third kappa shape index (κ3) is 3.40. The minimum absolute atomic E-state index is 0.0150. The maximum Gasteiger partial charge on any atom is 0.251 e. The van der Waals surface area contributed by atoms with E-state index >= 15 is 0 Å². The minimum atomic E-state index is -0.170. The maximum absolute atomic E-state index is 12.3. The molecule has 0 aromatic heterocycles. The van der Waals surface area contributed by atoms with Gasteiger partial charge in [-0.05, 0) is 43.4 Å². The van der Waals surface area contributed by atoms with E-state index in [1.54, 1.807) is 0 Å². The number of nitrogens with one attached hydrogen (secondary N) is 1. The van der Waals surface area contributed by atoms with E-state index in [0.29, 0.717) is 17.5 Å². The zero-order valence-corrected chi connectivity index (χ0v) is 12.1. The Morgan fingerprint density at radius 2 is 2.30 bits per heavy atom. The highest BCUT2D eigenvalue weighted by Crippen LogP contribution is 2.34. The molecule has 2 unspecified atom stereocenters. The third-order valence-electron chi connectivity index (χ3n) is 3.78. The Morgan fingerprint density at radius 1 is 1.50 bits per heavy atom. The quantitative estimate of drug-likeness (QED) is 0.825. The van der Waals surface area contributed by atoms with Gasteiger partial charge in [-0.3, -0.25) is 4.79 Å². The second-order valence-electron chi connectivity index (χ2n) is 5.30. The van der Waals surface area contributed by atoms with E-state index in [2.05, 4.69) is 24.1 Å². The fourth-order valence-electron chi connectivity index (χ4n) is 2.51. The van der Waals surface area contributed by atoms with Crippen LogP contribution in [0.3, 0.4) is 0 Å². The molecule has 2 atom stereocenters. The molecule has 106 valence electrons. The molecule has 0 saturated heterocycles. The van der Waals surface area contributed by atoms with E-state index in [0.717, 1.165) is 17.5 Å². The Balaban J connectivity index is 2.07. The topological polar surface area (TPSA) is 49.3 Å². The molecule has 3 nitrogen and oxygen atoms in total. The highest BCUT2D eigenvalue weighted by molar-refractivity contribution is 5.96. The van der Waals surface area contributed by atoms with Crippen molar-refractivity contribution in [3.05, 3.63) is 34.9 Å². The van der Waals surface area contributed by atoms with Gasteiger partial charge in [-0.25, -0.2) is 0 Å². The van der Waals surface area contributed by atoms with Crippen LogP contribution in [-0.2, 0) is 0 Å². The summed E-state index contributed by atoms with van der Waals surface area (Å²) in [7, 11) is 0. The molecule has 2 N–H and O–H groups in total. The fraction of sp³-hybridized carbons (Fsp3) is 0.471. The van der Waals surface area contributed by atoms with Gasteiger partial charge >= 0.3 is 0 Å². The van der Waals surface area contributed by atoms with Crippen LogP contribution in [0.4, 0.5) is 0 Å². The van der Waals surface area contributed by atoms with E-state index in [1.165, 1.54) is 12.8 Å². The molecule has 1 aromatic rings. The van der Waals surface area contributed by atoms with Crippen LogP contribution in [0.1, 0.15) is 47.7 Å². The summed E-state index contributed by atoms with van der Waals surface area (Å²) >= 11 is 0. The maximum atomic E-state index is 12.3. The molecule has 20 heavy (non-hydrogen) atoms. The lowest BCUT2D eigenvalue weighted by Gasteiger charge is -2.09. The van der Waals surface area contributed by atoms with Crippen molar-refractivity contribution >= 4 is 5.91 Å². The average Bonchev–Trinajstić information content (AvgIpc) is 3.16. The van der Waals surface area contributed by atoms with Crippen LogP contribution in [0, 0.1) is 24.7 Å². The number of carbonyl (C=O) groups excluding carboxylic acids is 1. The van der Waals surface area contributed by atoms with Crippen molar-refractivity contribution in [2.75, 3.05) is 6.61 Å². The average molecular weight is 271 g/mol. The van der Waals surface area contributed by atoms with Crippen molar-refractivity contribution in [3.8, 4) is 11.8 Å². The monoisotopic (exact) mass is 271 g/mol. The summed E-state index contributed by atoms with van der Waals surface area (Å²) in [6, 6.07) is 5.87. The molecule has 1 fully saturated rings. The molecule has 1 aliphatic rings. The van der Waals surface area contributed by atoms with Gasteiger partial charge in [0.15, 0.2) is 0 Å². The Morgan fingerprint density at radius 3 is 3.00 bits per heavy atom. The number of carbonyl (C=O) groups is 1. The molecule has 1 saturated carbocycles. The highest BCUT2D eigenvalue weighted by atomic mass is 16.2. The van der Waals surface area contributed by atoms with Gasteiger partial charge in [-0.15, -0.1) is 0 Å². The lowest BCUT2D eigenvalue weighted by atomic mass is 10.0. The molecule has 1 aromatic carbocycles. The summed E-state index contributed by atoms with van der Waals surface area (Å²) in [4.78, 5) is 12.3. The van der Waals surface area contributed by atoms with E-state index in [-0.39, 0.29) is 12.5 Å². The van der Waals surface area contributed by atoms with Crippen LogP contribution in [-0.4, -0.2) is 23.7 Å². The SMILES string of the molecule is CCCC1CC1NC(=O)c1cccc(C#CCO)c1C. The normalized spacial score (nSPS) is 19.9. The van der Waals surface area contributed by atoms with Crippen molar-refractivity contribution < 1.29 is 9.90 Å². The smallest absolute Gasteiger partial charge is 0.251 e. The van der Waals surface area contributed by atoms with Crippen LogP contribution in [0.25, 0.3) is 0 Å². The number of aliphatic hydroxyl groups is 1. The number of amides is 1. The molecular weight excluding hydrogens is 250 g/mol. The molecule has 0 bridgehead atoms. The largest absolute Gasteiger partial charge is 0.384 e. The van der Waals surface area contributed by atoms with Gasteiger partial charge in [0.05, 0.1) is 0 Å². The van der Waals surface area contributed by atoms with Gasteiger partial charge in [-0.2, -0.15) is 0 Å². The summed E-state index contributed by atoms with van der Waals surface area (Å²) in [5, 5.41) is 11.8. The summed E-state index contributed by atoms with van der Waals surface area (Å²) < 4.78 is 0. The molecule has 2 rings (SSSR count). The zero-order valence-electron chi connectivity index (χ0n) is 12.1. The predicted octanol–water partition coefficient (Wildman–Crippen LogP) is 2.26. The Labute approximate surface area is 120 Å². The predicted molar refractivity (Wildman–Crippen MR) is 79.4 cm³/mol. The molecular formula is C17H21NO2. The lowest BCUT2D eigenvalue weighted by Crippen LogP contribution is -2.27. The summed E-state index contributed by atoms with van der Waals surface area (Å²) in [6.07, 6.45) is 3.46. The van der Waals surface area contributed by atoms with Crippen molar-refractivity contribution in [2.24, 2.45) is 5.92 Å². The molecule has 0 radical (unpaired) electrons. The first-order valence-electron chi connectivity index (χ1n) is 7.17. The zero-order chi connectivity index (χ0) is 14.5. The van der Waals surface area contributed by atoms with Gasteiger partial charge in [-0.1, -0.05) is 31.3 Å². The Hall–Kier alpha value is -1.79. The van der Waals surface area contributed by atoms with Crippen LogP contribution in [0.15, 0.2) is 18.2 Å². The first kappa shape index (κ1) is 14.6. The number of rotatable bonds is 4. The number of hydrogen-bond donors (Lipinski definition) is 2. The van der Waals surface area contributed by atoms with Gasteiger partial charge < -0.3 is 10.4 Å². The number of benzene rings is 1. The summed E-state index contributed by atoms with van der Waals surface area (Å²) in [5.74, 6) is 6.14. The summed E-state index contributed by atoms with van der Waals surface area (Å²) in [6.45, 7) is 3.90. The Bertz CT molecular complexity index is 554. The van der Waals surface area contributed by atoms with Crippen molar-refractivity contribution in [1.29, 1.82) is 0 Å². The summed E-state index contributed by atoms with van der Waals surface area (Å²) in [5.41, 5.74) is 2.35. The number of hydrogen-bond acceptors (Lipinski definition) is 2. The van der Waals surface area contributed by atoms with Gasteiger partial charge in [0.2, 0.25) is 0 Å².